The minimum atomic E-state index is -0.814. The van der Waals surface area contributed by atoms with E-state index in [2.05, 4.69) is 0 Å². The molecule has 1 fully saturated rings. The van der Waals surface area contributed by atoms with Crippen LogP contribution in [0.2, 0.25) is 0 Å². The van der Waals surface area contributed by atoms with E-state index < -0.39 is 11.4 Å². The molecule has 1 aliphatic heterocycles. The number of fused-ring (bicyclic) bond motifs is 1. The molecule has 1 saturated carbocycles. The standard InChI is InChI=1S/C10H9FO3/c11-7-2-1-6(10(12)3-4-10)8-9(7)14-5-13-8/h1-2,12H,3-5H2. The quantitative estimate of drug-likeness (QED) is 0.740. The predicted octanol–water partition coefficient (Wildman–Crippen LogP) is 1.54. The van der Waals surface area contributed by atoms with Crippen LogP contribution in [0.5, 0.6) is 11.5 Å². The van der Waals surface area contributed by atoms with E-state index in [1.165, 1.54) is 6.07 Å². The summed E-state index contributed by atoms with van der Waals surface area (Å²) in [5.41, 5.74) is -0.169. The third-order valence-corrected chi connectivity index (χ3v) is 2.70. The third-order valence-electron chi connectivity index (χ3n) is 2.70. The highest BCUT2D eigenvalue weighted by Gasteiger charge is 2.46. The van der Waals surface area contributed by atoms with Crippen LogP contribution >= 0.6 is 0 Å². The zero-order valence-corrected chi connectivity index (χ0v) is 7.42. The van der Waals surface area contributed by atoms with Gasteiger partial charge in [-0.15, -0.1) is 0 Å². The SMILES string of the molecule is OC1(c2ccc(F)c3c2OCO3)CC1. The number of hydrogen-bond donors (Lipinski definition) is 1. The van der Waals surface area contributed by atoms with Gasteiger partial charge in [0, 0.05) is 5.56 Å². The van der Waals surface area contributed by atoms with Crippen LogP contribution in [-0.2, 0) is 5.60 Å². The second-order valence-electron chi connectivity index (χ2n) is 3.69. The Kier molecular flexibility index (Phi) is 1.37. The maximum Gasteiger partial charge on any atom is 0.231 e. The van der Waals surface area contributed by atoms with Crippen LogP contribution in [0.4, 0.5) is 4.39 Å². The van der Waals surface area contributed by atoms with Crippen LogP contribution in [0.15, 0.2) is 12.1 Å². The Morgan fingerprint density at radius 1 is 1.21 bits per heavy atom. The van der Waals surface area contributed by atoms with Gasteiger partial charge in [-0.2, -0.15) is 0 Å². The molecule has 1 N–H and O–H groups in total. The average molecular weight is 196 g/mol. The molecule has 1 heterocycles. The monoisotopic (exact) mass is 196 g/mol. The van der Waals surface area contributed by atoms with E-state index in [1.807, 2.05) is 0 Å². The summed E-state index contributed by atoms with van der Waals surface area (Å²) in [4.78, 5) is 0. The number of aliphatic hydroxyl groups is 1. The van der Waals surface area contributed by atoms with Crippen molar-refractivity contribution in [2.45, 2.75) is 18.4 Å². The molecule has 0 bridgehead atoms. The van der Waals surface area contributed by atoms with Crippen molar-refractivity contribution >= 4 is 0 Å². The normalized spacial score (nSPS) is 21.0. The van der Waals surface area contributed by atoms with Gasteiger partial charge in [0.15, 0.2) is 11.6 Å². The fraction of sp³-hybridized carbons (Fsp3) is 0.400. The fourth-order valence-corrected chi connectivity index (χ4v) is 1.72. The van der Waals surface area contributed by atoms with Crippen LogP contribution in [0.3, 0.4) is 0 Å². The van der Waals surface area contributed by atoms with E-state index in [1.54, 1.807) is 6.07 Å². The molecule has 0 saturated heterocycles. The predicted molar refractivity (Wildman–Crippen MR) is 45.7 cm³/mol. The van der Waals surface area contributed by atoms with Crippen LogP contribution in [-0.4, -0.2) is 11.9 Å². The van der Waals surface area contributed by atoms with Crippen LogP contribution in [0.1, 0.15) is 18.4 Å². The molecule has 1 aromatic carbocycles. The second-order valence-corrected chi connectivity index (χ2v) is 3.69. The topological polar surface area (TPSA) is 38.7 Å². The average Bonchev–Trinajstić information content (AvgIpc) is 2.74. The molecule has 2 aliphatic rings. The number of halogens is 1. The molecule has 0 amide bonds. The Hall–Kier alpha value is -1.29. The number of rotatable bonds is 1. The molecule has 0 unspecified atom stereocenters. The lowest BCUT2D eigenvalue weighted by molar-refractivity contribution is 0.140. The fourth-order valence-electron chi connectivity index (χ4n) is 1.72. The minimum absolute atomic E-state index is 0.0271. The van der Waals surface area contributed by atoms with Crippen LogP contribution in [0, 0.1) is 5.82 Å². The van der Waals surface area contributed by atoms with Crippen molar-refractivity contribution < 1.29 is 19.0 Å². The summed E-state index contributed by atoms with van der Waals surface area (Å²) in [5.74, 6) is 0.0540. The maximum atomic E-state index is 13.2. The summed E-state index contributed by atoms with van der Waals surface area (Å²) < 4.78 is 23.3. The molecule has 0 aromatic heterocycles. The lowest BCUT2D eigenvalue weighted by Gasteiger charge is -2.10. The first-order valence-electron chi connectivity index (χ1n) is 4.52. The lowest BCUT2D eigenvalue weighted by atomic mass is 10.1. The summed E-state index contributed by atoms with van der Waals surface area (Å²) in [5, 5.41) is 9.90. The molecule has 14 heavy (non-hydrogen) atoms. The molecule has 74 valence electrons. The molecule has 1 aliphatic carbocycles. The summed E-state index contributed by atoms with van der Waals surface area (Å²) in [6.07, 6.45) is 1.41. The van der Waals surface area contributed by atoms with Gasteiger partial charge in [0.2, 0.25) is 12.5 Å². The Balaban J connectivity index is 2.18. The van der Waals surface area contributed by atoms with Gasteiger partial charge in [0.05, 0.1) is 5.60 Å². The summed E-state index contributed by atoms with van der Waals surface area (Å²) in [7, 11) is 0. The highest BCUT2D eigenvalue weighted by molar-refractivity contribution is 5.52. The molecular formula is C10H9FO3. The van der Waals surface area contributed by atoms with E-state index in [9.17, 15) is 9.50 Å². The van der Waals surface area contributed by atoms with Gasteiger partial charge >= 0.3 is 0 Å². The number of ether oxygens (including phenoxy) is 2. The van der Waals surface area contributed by atoms with Crippen molar-refractivity contribution in [1.82, 2.24) is 0 Å². The van der Waals surface area contributed by atoms with Crippen molar-refractivity contribution in [3.8, 4) is 11.5 Å². The van der Waals surface area contributed by atoms with Gasteiger partial charge in [0.25, 0.3) is 0 Å². The Morgan fingerprint density at radius 2 is 1.93 bits per heavy atom. The van der Waals surface area contributed by atoms with Gasteiger partial charge in [-0.05, 0) is 25.0 Å². The van der Waals surface area contributed by atoms with E-state index >= 15 is 0 Å². The minimum Gasteiger partial charge on any atom is -0.453 e. The maximum absolute atomic E-state index is 13.2. The molecular weight excluding hydrogens is 187 g/mol. The third kappa shape index (κ3) is 0.944. The number of hydrogen-bond acceptors (Lipinski definition) is 3. The van der Waals surface area contributed by atoms with Gasteiger partial charge in [-0.3, -0.25) is 0 Å². The van der Waals surface area contributed by atoms with Crippen molar-refractivity contribution in [3.63, 3.8) is 0 Å². The zero-order valence-electron chi connectivity index (χ0n) is 7.42. The molecule has 3 nitrogen and oxygen atoms in total. The molecule has 4 heteroatoms. The van der Waals surface area contributed by atoms with Crippen molar-refractivity contribution in [1.29, 1.82) is 0 Å². The van der Waals surface area contributed by atoms with Gasteiger partial charge in [-0.1, -0.05) is 0 Å². The Labute approximate surface area is 80.1 Å². The zero-order chi connectivity index (χ0) is 9.76. The van der Waals surface area contributed by atoms with Crippen molar-refractivity contribution in [2.24, 2.45) is 0 Å². The van der Waals surface area contributed by atoms with Crippen molar-refractivity contribution in [2.75, 3.05) is 6.79 Å². The summed E-state index contributed by atoms with van der Waals surface area (Å²) >= 11 is 0. The van der Waals surface area contributed by atoms with Gasteiger partial charge in [0.1, 0.15) is 0 Å². The molecule has 0 radical (unpaired) electrons. The molecule has 0 atom stereocenters. The van der Waals surface area contributed by atoms with E-state index in [0.29, 0.717) is 24.2 Å². The Bertz CT molecular complexity index is 399. The summed E-state index contributed by atoms with van der Waals surface area (Å²) in [6.45, 7) is 0.0271. The largest absolute Gasteiger partial charge is 0.453 e. The van der Waals surface area contributed by atoms with Crippen LogP contribution < -0.4 is 9.47 Å². The Morgan fingerprint density at radius 3 is 2.64 bits per heavy atom. The highest BCUT2D eigenvalue weighted by atomic mass is 19.1. The lowest BCUT2D eigenvalue weighted by Crippen LogP contribution is -2.05. The highest BCUT2D eigenvalue weighted by Crippen LogP contribution is 2.52. The van der Waals surface area contributed by atoms with E-state index in [0.717, 1.165) is 0 Å². The summed E-state index contributed by atoms with van der Waals surface area (Å²) in [6, 6.07) is 2.87. The second kappa shape index (κ2) is 2.39. The van der Waals surface area contributed by atoms with E-state index in [4.69, 9.17) is 9.47 Å². The first kappa shape index (κ1) is 8.05. The smallest absolute Gasteiger partial charge is 0.231 e. The molecule has 1 aromatic rings. The number of benzene rings is 1. The van der Waals surface area contributed by atoms with Gasteiger partial charge < -0.3 is 14.6 Å². The van der Waals surface area contributed by atoms with Crippen molar-refractivity contribution in [3.05, 3.63) is 23.5 Å². The molecule has 0 spiro atoms. The van der Waals surface area contributed by atoms with Crippen LogP contribution in [0.25, 0.3) is 0 Å². The molecule has 3 rings (SSSR count). The van der Waals surface area contributed by atoms with Gasteiger partial charge in [-0.25, -0.2) is 4.39 Å². The first-order valence-corrected chi connectivity index (χ1v) is 4.52. The van der Waals surface area contributed by atoms with E-state index in [-0.39, 0.29) is 12.5 Å². The first-order chi connectivity index (χ1) is 6.71.